The first-order valence-electron chi connectivity index (χ1n) is 6.11. The quantitative estimate of drug-likeness (QED) is 0.562. The summed E-state index contributed by atoms with van der Waals surface area (Å²) >= 11 is 0. The van der Waals surface area contributed by atoms with Gasteiger partial charge in [-0.25, -0.2) is 0 Å². The molecule has 2 saturated heterocycles. The molecule has 2 heterocycles. The van der Waals surface area contributed by atoms with Crippen molar-refractivity contribution in [1.82, 2.24) is 15.8 Å². The van der Waals surface area contributed by atoms with E-state index in [0.29, 0.717) is 18.0 Å². The SMILES string of the molecule is CC1CCNNC1C1CCN(C)CC1N. The van der Waals surface area contributed by atoms with E-state index in [4.69, 9.17) is 5.73 Å². The zero-order valence-electron chi connectivity index (χ0n) is 9.87. The van der Waals surface area contributed by atoms with Crippen LogP contribution in [0, 0.1) is 11.8 Å². The van der Waals surface area contributed by atoms with Crippen molar-refractivity contribution in [2.24, 2.45) is 17.6 Å². The molecule has 2 rings (SSSR count). The van der Waals surface area contributed by atoms with Crippen molar-refractivity contribution in [3.8, 4) is 0 Å². The van der Waals surface area contributed by atoms with Crippen LogP contribution >= 0.6 is 0 Å². The van der Waals surface area contributed by atoms with E-state index in [1.165, 1.54) is 19.4 Å². The number of hydrogen-bond donors (Lipinski definition) is 3. The number of hydrogen-bond acceptors (Lipinski definition) is 4. The monoisotopic (exact) mass is 212 g/mol. The molecule has 0 aromatic heterocycles. The lowest BCUT2D eigenvalue weighted by Gasteiger charge is -2.43. The number of nitrogens with one attached hydrogen (secondary N) is 2. The standard InChI is InChI=1S/C11H24N4/c1-8-3-5-13-14-11(8)9-4-6-15(2)7-10(9)12/h8-11,13-14H,3-7,12H2,1-2H3. The van der Waals surface area contributed by atoms with Crippen LogP contribution < -0.4 is 16.6 Å². The van der Waals surface area contributed by atoms with Crippen molar-refractivity contribution in [3.05, 3.63) is 0 Å². The van der Waals surface area contributed by atoms with E-state index in [-0.39, 0.29) is 0 Å². The molecule has 2 fully saturated rings. The minimum Gasteiger partial charge on any atom is -0.326 e. The first-order chi connectivity index (χ1) is 7.18. The fourth-order valence-corrected chi connectivity index (χ4v) is 2.96. The van der Waals surface area contributed by atoms with Crippen LogP contribution in [0.5, 0.6) is 0 Å². The van der Waals surface area contributed by atoms with Gasteiger partial charge in [0.05, 0.1) is 0 Å². The van der Waals surface area contributed by atoms with E-state index in [1.54, 1.807) is 0 Å². The summed E-state index contributed by atoms with van der Waals surface area (Å²) in [6.07, 6.45) is 2.48. The molecule has 0 spiro atoms. The van der Waals surface area contributed by atoms with Crippen LogP contribution in [0.25, 0.3) is 0 Å². The Hall–Kier alpha value is -0.160. The molecule has 0 amide bonds. The van der Waals surface area contributed by atoms with Crippen LogP contribution in [-0.2, 0) is 0 Å². The van der Waals surface area contributed by atoms with Gasteiger partial charge in [-0.3, -0.25) is 10.9 Å². The van der Waals surface area contributed by atoms with Crippen molar-refractivity contribution >= 4 is 0 Å². The Labute approximate surface area is 92.5 Å². The Morgan fingerprint density at radius 1 is 1.33 bits per heavy atom. The highest BCUT2D eigenvalue weighted by Gasteiger charge is 2.35. The zero-order valence-corrected chi connectivity index (χ0v) is 9.87. The van der Waals surface area contributed by atoms with Crippen molar-refractivity contribution in [2.45, 2.75) is 31.8 Å². The van der Waals surface area contributed by atoms with Gasteiger partial charge in [-0.1, -0.05) is 6.92 Å². The predicted molar refractivity (Wildman–Crippen MR) is 62.3 cm³/mol. The molecule has 4 N–H and O–H groups in total. The number of likely N-dealkylation sites (tertiary alicyclic amines) is 1. The minimum atomic E-state index is 0.323. The molecule has 0 aromatic rings. The molecule has 2 aliphatic rings. The van der Waals surface area contributed by atoms with Crippen LogP contribution in [0.1, 0.15) is 19.8 Å². The molecule has 4 heteroatoms. The second kappa shape index (κ2) is 4.78. The number of rotatable bonds is 1. The number of nitrogens with two attached hydrogens (primary N) is 1. The van der Waals surface area contributed by atoms with E-state index in [9.17, 15) is 0 Å². The van der Waals surface area contributed by atoms with Gasteiger partial charge in [-0.2, -0.15) is 0 Å². The summed E-state index contributed by atoms with van der Waals surface area (Å²) < 4.78 is 0. The third-order valence-electron chi connectivity index (χ3n) is 3.98. The van der Waals surface area contributed by atoms with Crippen LogP contribution in [0.15, 0.2) is 0 Å². The maximum absolute atomic E-state index is 6.25. The van der Waals surface area contributed by atoms with Gasteiger partial charge in [0.1, 0.15) is 0 Å². The van der Waals surface area contributed by atoms with E-state index < -0.39 is 0 Å². The molecule has 0 saturated carbocycles. The molecule has 0 aromatic carbocycles. The summed E-state index contributed by atoms with van der Waals surface area (Å²) in [5, 5.41) is 0. The largest absolute Gasteiger partial charge is 0.326 e. The van der Waals surface area contributed by atoms with Crippen molar-refractivity contribution in [1.29, 1.82) is 0 Å². The van der Waals surface area contributed by atoms with Crippen molar-refractivity contribution in [3.63, 3.8) is 0 Å². The second-order valence-corrected chi connectivity index (χ2v) is 5.24. The van der Waals surface area contributed by atoms with Gasteiger partial charge in [0, 0.05) is 25.2 Å². The Bertz CT molecular complexity index is 209. The van der Waals surface area contributed by atoms with E-state index >= 15 is 0 Å². The maximum Gasteiger partial charge on any atom is 0.0282 e. The molecule has 4 atom stereocenters. The summed E-state index contributed by atoms with van der Waals surface area (Å²) in [6.45, 7) is 5.64. The fourth-order valence-electron chi connectivity index (χ4n) is 2.96. The van der Waals surface area contributed by atoms with Crippen LogP contribution in [-0.4, -0.2) is 43.7 Å². The topological polar surface area (TPSA) is 53.3 Å². The van der Waals surface area contributed by atoms with Crippen LogP contribution in [0.4, 0.5) is 0 Å². The van der Waals surface area contributed by atoms with Gasteiger partial charge in [0.25, 0.3) is 0 Å². The molecule has 4 nitrogen and oxygen atoms in total. The minimum absolute atomic E-state index is 0.323. The van der Waals surface area contributed by atoms with E-state index in [1.807, 2.05) is 0 Å². The van der Waals surface area contributed by atoms with Gasteiger partial charge in [0.2, 0.25) is 0 Å². The summed E-state index contributed by atoms with van der Waals surface area (Å²) in [4.78, 5) is 2.34. The van der Waals surface area contributed by atoms with Gasteiger partial charge in [-0.15, -0.1) is 0 Å². The lowest BCUT2D eigenvalue weighted by molar-refractivity contribution is 0.108. The fraction of sp³-hybridized carbons (Fsp3) is 1.00. The number of nitrogens with zero attached hydrogens (tertiary/aromatic N) is 1. The zero-order chi connectivity index (χ0) is 10.8. The lowest BCUT2D eigenvalue weighted by atomic mass is 9.79. The van der Waals surface area contributed by atoms with Crippen molar-refractivity contribution < 1.29 is 0 Å². The normalized spacial score (nSPS) is 44.2. The third-order valence-corrected chi connectivity index (χ3v) is 3.98. The average molecular weight is 212 g/mol. The Morgan fingerprint density at radius 2 is 2.13 bits per heavy atom. The molecule has 0 radical (unpaired) electrons. The molecule has 2 aliphatic heterocycles. The van der Waals surface area contributed by atoms with Gasteiger partial charge in [0.15, 0.2) is 0 Å². The summed E-state index contributed by atoms with van der Waals surface area (Å²) in [7, 11) is 2.16. The smallest absolute Gasteiger partial charge is 0.0282 e. The van der Waals surface area contributed by atoms with Gasteiger partial charge < -0.3 is 10.6 Å². The van der Waals surface area contributed by atoms with E-state index in [2.05, 4.69) is 29.7 Å². The molecule has 0 bridgehead atoms. The number of piperidine rings is 1. The highest BCUT2D eigenvalue weighted by molar-refractivity contribution is 4.92. The molecule has 15 heavy (non-hydrogen) atoms. The Morgan fingerprint density at radius 3 is 2.80 bits per heavy atom. The maximum atomic E-state index is 6.25. The third kappa shape index (κ3) is 2.50. The highest BCUT2D eigenvalue weighted by atomic mass is 15.4. The molecule has 88 valence electrons. The molecular formula is C11H24N4. The number of likely N-dealkylation sites (N-methyl/N-ethyl adjacent to an activating group) is 1. The van der Waals surface area contributed by atoms with E-state index in [0.717, 1.165) is 19.0 Å². The Kier molecular flexibility index (Phi) is 3.61. The molecular weight excluding hydrogens is 188 g/mol. The Balaban J connectivity index is 1.96. The van der Waals surface area contributed by atoms with Gasteiger partial charge in [-0.05, 0) is 38.3 Å². The second-order valence-electron chi connectivity index (χ2n) is 5.24. The lowest BCUT2D eigenvalue weighted by Crippen LogP contribution is -2.60. The van der Waals surface area contributed by atoms with Gasteiger partial charge >= 0.3 is 0 Å². The molecule has 4 unspecified atom stereocenters. The predicted octanol–water partition coefficient (Wildman–Crippen LogP) is -0.232. The first-order valence-corrected chi connectivity index (χ1v) is 6.11. The summed E-state index contributed by atoms with van der Waals surface area (Å²) in [5.41, 5.74) is 13.0. The van der Waals surface area contributed by atoms with Crippen LogP contribution in [0.2, 0.25) is 0 Å². The molecule has 0 aliphatic carbocycles. The summed E-state index contributed by atoms with van der Waals surface area (Å²) in [5.74, 6) is 1.37. The first kappa shape index (κ1) is 11.3. The average Bonchev–Trinajstić information content (AvgIpc) is 2.20. The van der Waals surface area contributed by atoms with Crippen LogP contribution in [0.3, 0.4) is 0 Å². The number of hydrazine groups is 1. The van der Waals surface area contributed by atoms with Crippen molar-refractivity contribution in [2.75, 3.05) is 26.7 Å². The highest BCUT2D eigenvalue weighted by Crippen LogP contribution is 2.26. The summed E-state index contributed by atoms with van der Waals surface area (Å²) in [6, 6.07) is 0.881.